The van der Waals surface area contributed by atoms with Crippen LogP contribution in [0.25, 0.3) is 0 Å². The van der Waals surface area contributed by atoms with Gasteiger partial charge < -0.3 is 5.32 Å². The molecule has 0 aliphatic carbocycles. The fourth-order valence-electron chi connectivity index (χ4n) is 2.37. The maximum atomic E-state index is 14.0. The van der Waals surface area contributed by atoms with Crippen molar-refractivity contribution in [3.05, 3.63) is 34.4 Å². The summed E-state index contributed by atoms with van der Waals surface area (Å²) >= 11 is 5.61. The van der Waals surface area contributed by atoms with E-state index in [0.29, 0.717) is 5.56 Å². The normalized spacial score (nSPS) is 13.0. The largest absolute Gasteiger partial charge is 0.310 e. The van der Waals surface area contributed by atoms with Crippen molar-refractivity contribution in [2.24, 2.45) is 5.92 Å². The van der Waals surface area contributed by atoms with Gasteiger partial charge in [0.1, 0.15) is 11.6 Å². The third-order valence-electron chi connectivity index (χ3n) is 3.51. The van der Waals surface area contributed by atoms with Gasteiger partial charge in [-0.05, 0) is 31.0 Å². The fraction of sp³-hybridized carbons (Fsp3) is 0.600. The first-order chi connectivity index (χ1) is 9.04. The van der Waals surface area contributed by atoms with Gasteiger partial charge in [0.05, 0.1) is 5.02 Å². The lowest BCUT2D eigenvalue weighted by Gasteiger charge is -2.27. The second kappa shape index (κ2) is 7.81. The number of hydrogen-bond acceptors (Lipinski definition) is 1. The van der Waals surface area contributed by atoms with Crippen LogP contribution in [0.5, 0.6) is 0 Å². The van der Waals surface area contributed by atoms with Gasteiger partial charge >= 0.3 is 0 Å². The Morgan fingerprint density at radius 3 is 2.26 bits per heavy atom. The van der Waals surface area contributed by atoms with Gasteiger partial charge in [0.2, 0.25) is 0 Å². The highest BCUT2D eigenvalue weighted by molar-refractivity contribution is 6.30. The Labute approximate surface area is 119 Å². The number of hydrogen-bond donors (Lipinski definition) is 1. The molecule has 1 N–H and O–H groups in total. The molecule has 19 heavy (non-hydrogen) atoms. The van der Waals surface area contributed by atoms with Gasteiger partial charge in [0.15, 0.2) is 0 Å². The molecule has 0 aliphatic heterocycles. The highest BCUT2D eigenvalue weighted by Crippen LogP contribution is 2.31. The van der Waals surface area contributed by atoms with Crippen LogP contribution in [0.15, 0.2) is 12.1 Å². The average molecular weight is 290 g/mol. The molecule has 1 atom stereocenters. The van der Waals surface area contributed by atoms with Crippen LogP contribution in [-0.4, -0.2) is 6.54 Å². The second-order valence-electron chi connectivity index (χ2n) is 4.80. The smallest absolute Gasteiger partial charge is 0.142 e. The fourth-order valence-corrected chi connectivity index (χ4v) is 2.52. The van der Waals surface area contributed by atoms with E-state index in [2.05, 4.69) is 26.1 Å². The summed E-state index contributed by atoms with van der Waals surface area (Å²) in [6.45, 7) is 6.97. The summed E-state index contributed by atoms with van der Waals surface area (Å²) in [5.74, 6) is -0.721. The first-order valence-corrected chi connectivity index (χ1v) is 7.30. The molecular weight excluding hydrogens is 268 g/mol. The van der Waals surface area contributed by atoms with Gasteiger partial charge in [0.25, 0.3) is 0 Å². The third-order valence-corrected chi connectivity index (χ3v) is 3.80. The molecule has 0 heterocycles. The topological polar surface area (TPSA) is 12.0 Å². The summed E-state index contributed by atoms with van der Waals surface area (Å²) in [7, 11) is 0. The monoisotopic (exact) mass is 289 g/mol. The Kier molecular flexibility index (Phi) is 6.73. The van der Waals surface area contributed by atoms with E-state index in [4.69, 9.17) is 11.6 Å². The Morgan fingerprint density at radius 1 is 1.11 bits per heavy atom. The lowest BCUT2D eigenvalue weighted by Crippen LogP contribution is -2.29. The Balaban J connectivity index is 3.12. The molecule has 1 rings (SSSR count). The van der Waals surface area contributed by atoms with Crippen molar-refractivity contribution in [3.63, 3.8) is 0 Å². The number of rotatable bonds is 7. The van der Waals surface area contributed by atoms with Crippen molar-refractivity contribution in [2.45, 2.75) is 46.1 Å². The summed E-state index contributed by atoms with van der Waals surface area (Å²) in [5.41, 5.74) is 0.379. The third kappa shape index (κ3) is 4.15. The number of benzene rings is 1. The SMILES string of the molecule is CCCNC(c1cc(F)c(Cl)cc1F)C(CC)CC. The molecule has 0 bridgehead atoms. The maximum absolute atomic E-state index is 14.0. The molecule has 1 aromatic rings. The standard InChI is InChI=1S/C15H22ClF2N/c1-4-7-19-15(10(5-2)6-3)11-8-14(18)12(16)9-13(11)17/h8-10,15,19H,4-7H2,1-3H3. The summed E-state index contributed by atoms with van der Waals surface area (Å²) in [6, 6.07) is 2.13. The Hall–Kier alpha value is -0.670. The molecule has 1 aromatic carbocycles. The van der Waals surface area contributed by atoms with Gasteiger partial charge in [-0.15, -0.1) is 0 Å². The lowest BCUT2D eigenvalue weighted by atomic mass is 9.88. The second-order valence-corrected chi connectivity index (χ2v) is 5.20. The van der Waals surface area contributed by atoms with Crippen molar-refractivity contribution in [1.82, 2.24) is 5.32 Å². The van der Waals surface area contributed by atoms with Gasteiger partial charge in [-0.25, -0.2) is 8.78 Å². The van der Waals surface area contributed by atoms with Gasteiger partial charge in [-0.3, -0.25) is 0 Å². The van der Waals surface area contributed by atoms with Crippen LogP contribution in [0, 0.1) is 17.6 Å². The minimum absolute atomic E-state index is 0.165. The van der Waals surface area contributed by atoms with Crippen LogP contribution < -0.4 is 5.32 Å². The zero-order valence-corrected chi connectivity index (χ0v) is 12.5. The molecule has 1 unspecified atom stereocenters. The van der Waals surface area contributed by atoms with E-state index >= 15 is 0 Å². The highest BCUT2D eigenvalue weighted by Gasteiger charge is 2.24. The summed E-state index contributed by atoms with van der Waals surface area (Å²) < 4.78 is 27.6. The van der Waals surface area contributed by atoms with Crippen LogP contribution in [0.2, 0.25) is 5.02 Å². The van der Waals surface area contributed by atoms with Crippen LogP contribution in [-0.2, 0) is 0 Å². The molecule has 1 nitrogen and oxygen atoms in total. The molecule has 0 saturated carbocycles. The van der Waals surface area contributed by atoms with E-state index < -0.39 is 11.6 Å². The van der Waals surface area contributed by atoms with Gasteiger partial charge in [-0.2, -0.15) is 0 Å². The zero-order valence-electron chi connectivity index (χ0n) is 11.8. The van der Waals surface area contributed by atoms with E-state index in [1.54, 1.807) is 0 Å². The first-order valence-electron chi connectivity index (χ1n) is 6.92. The van der Waals surface area contributed by atoms with Crippen molar-refractivity contribution in [3.8, 4) is 0 Å². The van der Waals surface area contributed by atoms with E-state index in [0.717, 1.165) is 31.9 Å². The van der Waals surface area contributed by atoms with Gasteiger partial charge in [-0.1, -0.05) is 45.2 Å². The van der Waals surface area contributed by atoms with Crippen molar-refractivity contribution in [2.75, 3.05) is 6.54 Å². The van der Waals surface area contributed by atoms with Crippen LogP contribution in [0.4, 0.5) is 8.78 Å². The molecule has 0 amide bonds. The quantitative estimate of drug-likeness (QED) is 0.689. The van der Waals surface area contributed by atoms with Crippen molar-refractivity contribution < 1.29 is 8.78 Å². The summed E-state index contributed by atoms with van der Waals surface area (Å²) in [5, 5.41) is 3.16. The zero-order chi connectivity index (χ0) is 14.4. The average Bonchev–Trinajstić information content (AvgIpc) is 2.39. The van der Waals surface area contributed by atoms with Crippen LogP contribution >= 0.6 is 11.6 Å². The van der Waals surface area contributed by atoms with Crippen LogP contribution in [0.1, 0.15) is 51.6 Å². The molecule has 108 valence electrons. The lowest BCUT2D eigenvalue weighted by molar-refractivity contribution is 0.331. The molecule has 0 radical (unpaired) electrons. The number of halogens is 3. The maximum Gasteiger partial charge on any atom is 0.142 e. The Bertz CT molecular complexity index is 405. The summed E-state index contributed by atoms with van der Waals surface area (Å²) in [4.78, 5) is 0. The minimum atomic E-state index is -0.563. The van der Waals surface area contributed by atoms with Crippen molar-refractivity contribution >= 4 is 11.6 Å². The molecular formula is C15H22ClF2N. The van der Waals surface area contributed by atoms with E-state index in [9.17, 15) is 8.78 Å². The van der Waals surface area contributed by atoms with E-state index in [-0.39, 0.29) is 17.0 Å². The van der Waals surface area contributed by atoms with E-state index in [1.807, 2.05) is 0 Å². The molecule has 0 fully saturated rings. The van der Waals surface area contributed by atoms with E-state index in [1.165, 1.54) is 6.07 Å². The molecule has 0 aromatic heterocycles. The predicted molar refractivity (Wildman–Crippen MR) is 76.5 cm³/mol. The summed E-state index contributed by atoms with van der Waals surface area (Å²) in [6.07, 6.45) is 2.79. The number of nitrogens with one attached hydrogen (secondary N) is 1. The predicted octanol–water partition coefficient (Wildman–Crippen LogP) is 5.10. The molecule has 4 heteroatoms. The molecule has 0 aliphatic rings. The highest BCUT2D eigenvalue weighted by atomic mass is 35.5. The van der Waals surface area contributed by atoms with Gasteiger partial charge in [0, 0.05) is 11.6 Å². The molecule has 0 spiro atoms. The minimum Gasteiger partial charge on any atom is -0.310 e. The Morgan fingerprint density at radius 2 is 1.74 bits per heavy atom. The van der Waals surface area contributed by atoms with Crippen molar-refractivity contribution in [1.29, 1.82) is 0 Å². The molecule has 0 saturated heterocycles. The first kappa shape index (κ1) is 16.4. The van der Waals surface area contributed by atoms with Crippen LogP contribution in [0.3, 0.4) is 0 Å².